The first-order valence-corrected chi connectivity index (χ1v) is 15.4. The molecule has 1 aliphatic heterocycles. The molecule has 40 heavy (non-hydrogen) atoms. The zero-order valence-electron chi connectivity index (χ0n) is 23.1. The Bertz CT molecular complexity index is 1250. The van der Waals surface area contributed by atoms with Crippen LogP contribution in [0.3, 0.4) is 0 Å². The number of anilines is 1. The molecule has 4 atom stereocenters. The number of aliphatic hydroxyl groups excluding tert-OH is 1. The van der Waals surface area contributed by atoms with Crippen molar-refractivity contribution in [3.05, 3.63) is 16.7 Å². The van der Waals surface area contributed by atoms with E-state index in [1.54, 1.807) is 20.8 Å². The van der Waals surface area contributed by atoms with Gasteiger partial charge in [0, 0.05) is 25.3 Å². The van der Waals surface area contributed by atoms with Crippen LogP contribution in [0.15, 0.2) is 11.1 Å². The molecule has 0 bridgehead atoms. The van der Waals surface area contributed by atoms with Crippen LogP contribution in [-0.4, -0.2) is 91.9 Å². The lowest BCUT2D eigenvalue weighted by Crippen LogP contribution is -2.32. The van der Waals surface area contributed by atoms with Gasteiger partial charge in [-0.2, -0.15) is 4.98 Å². The number of aromatic nitrogens is 4. The van der Waals surface area contributed by atoms with Crippen LogP contribution in [0.2, 0.25) is 0 Å². The highest BCUT2D eigenvalue weighted by Gasteiger charge is 2.46. The van der Waals surface area contributed by atoms with Gasteiger partial charge < -0.3 is 25.4 Å². The lowest BCUT2D eigenvalue weighted by Gasteiger charge is -2.24. The standard InChI is InChI=1S/C23H39N6O9PS/c1-5-7-35-8-6-26-39(34,36-9-10-40-20(32)22(2,3)13-30)37-12-15-11-23(4,33)19(38-15)29-14-25-16-17(29)27-21(24)28-18(16)31/h14-15,19,30,33H,5-13H2,1-4H3,(H,26,34)(H3,24,27,28,31)/t15?,19-,23-,39?/m1/s1. The molecule has 15 nitrogen and oxygen atoms in total. The van der Waals surface area contributed by atoms with E-state index in [1.165, 1.54) is 10.9 Å². The van der Waals surface area contributed by atoms with Crippen LogP contribution < -0.4 is 16.4 Å². The quantitative estimate of drug-likeness (QED) is 0.134. The maximum absolute atomic E-state index is 13.5. The molecule has 2 unspecified atom stereocenters. The molecule has 0 radical (unpaired) electrons. The number of thioether (sulfide) groups is 1. The minimum atomic E-state index is -3.86. The molecule has 0 aromatic carbocycles. The van der Waals surface area contributed by atoms with Gasteiger partial charge in [-0.1, -0.05) is 18.7 Å². The minimum absolute atomic E-state index is 0.0411. The highest BCUT2D eigenvalue weighted by molar-refractivity contribution is 8.13. The first-order chi connectivity index (χ1) is 18.8. The van der Waals surface area contributed by atoms with Gasteiger partial charge >= 0.3 is 7.75 Å². The summed E-state index contributed by atoms with van der Waals surface area (Å²) in [6.07, 6.45) is 0.595. The zero-order valence-corrected chi connectivity index (χ0v) is 24.8. The fourth-order valence-electron chi connectivity index (χ4n) is 3.88. The molecule has 1 fully saturated rings. The van der Waals surface area contributed by atoms with Gasteiger partial charge in [0.1, 0.15) is 5.60 Å². The Morgan fingerprint density at radius 1 is 1.40 bits per heavy atom. The first-order valence-electron chi connectivity index (χ1n) is 12.9. The number of nitrogens with two attached hydrogens (primary N) is 1. The van der Waals surface area contributed by atoms with Gasteiger partial charge in [0.25, 0.3) is 5.56 Å². The molecule has 1 saturated heterocycles. The molecule has 226 valence electrons. The smallest absolute Gasteiger partial charge is 0.395 e. The van der Waals surface area contributed by atoms with Crippen molar-refractivity contribution in [2.45, 2.75) is 58.5 Å². The number of carbonyl (C=O) groups excluding carboxylic acids is 1. The lowest BCUT2D eigenvalue weighted by atomic mass is 9.97. The maximum atomic E-state index is 13.5. The number of hydrogen-bond acceptors (Lipinski definition) is 13. The van der Waals surface area contributed by atoms with Crippen molar-refractivity contribution in [2.24, 2.45) is 5.41 Å². The Morgan fingerprint density at radius 2 is 2.15 bits per heavy atom. The van der Waals surface area contributed by atoms with Crippen molar-refractivity contribution in [2.75, 3.05) is 51.1 Å². The molecular formula is C23H39N6O9PS. The van der Waals surface area contributed by atoms with Crippen molar-refractivity contribution in [1.82, 2.24) is 24.6 Å². The van der Waals surface area contributed by atoms with Crippen LogP contribution in [0, 0.1) is 5.41 Å². The third kappa shape index (κ3) is 8.33. The molecule has 0 saturated carbocycles. The number of nitrogens with one attached hydrogen (secondary N) is 2. The highest BCUT2D eigenvalue weighted by Crippen LogP contribution is 2.46. The van der Waals surface area contributed by atoms with E-state index in [2.05, 4.69) is 20.0 Å². The van der Waals surface area contributed by atoms with Crippen molar-refractivity contribution in [3.8, 4) is 0 Å². The predicted molar refractivity (Wildman–Crippen MR) is 149 cm³/mol. The second-order valence-corrected chi connectivity index (χ2v) is 13.2. The van der Waals surface area contributed by atoms with Gasteiger partial charge in [0.05, 0.1) is 44.3 Å². The normalized spacial score (nSPS) is 23.1. The Morgan fingerprint density at radius 3 is 2.85 bits per heavy atom. The molecule has 0 amide bonds. The van der Waals surface area contributed by atoms with Crippen molar-refractivity contribution in [3.63, 3.8) is 0 Å². The summed E-state index contributed by atoms with van der Waals surface area (Å²) in [5.74, 6) is 0.0900. The fourth-order valence-corrected chi connectivity index (χ4v) is 6.13. The van der Waals surface area contributed by atoms with E-state index in [1.807, 2.05) is 6.92 Å². The maximum Gasteiger partial charge on any atom is 0.405 e. The number of imidazole rings is 1. The number of nitrogens with zero attached hydrogens (tertiary/aromatic N) is 3. The van der Waals surface area contributed by atoms with Crippen molar-refractivity contribution >= 4 is 41.7 Å². The summed E-state index contributed by atoms with van der Waals surface area (Å²) in [4.78, 5) is 34.9. The van der Waals surface area contributed by atoms with Crippen molar-refractivity contribution in [1.29, 1.82) is 0 Å². The molecule has 17 heteroatoms. The summed E-state index contributed by atoms with van der Waals surface area (Å²) >= 11 is 0.970. The van der Waals surface area contributed by atoms with Crippen molar-refractivity contribution < 1.29 is 38.1 Å². The topological polar surface area (TPSA) is 213 Å². The van der Waals surface area contributed by atoms with E-state index in [0.717, 1.165) is 18.2 Å². The Balaban J connectivity index is 1.64. The lowest BCUT2D eigenvalue weighted by molar-refractivity contribution is -0.119. The average Bonchev–Trinajstić information content (AvgIpc) is 3.44. The van der Waals surface area contributed by atoms with Crippen LogP contribution in [0.25, 0.3) is 11.2 Å². The van der Waals surface area contributed by atoms with E-state index in [-0.39, 0.29) is 67.4 Å². The van der Waals surface area contributed by atoms with E-state index in [0.29, 0.717) is 6.61 Å². The minimum Gasteiger partial charge on any atom is -0.395 e. The predicted octanol–water partition coefficient (Wildman–Crippen LogP) is 1.18. The largest absolute Gasteiger partial charge is 0.405 e. The summed E-state index contributed by atoms with van der Waals surface area (Å²) in [5.41, 5.74) is 3.03. The Labute approximate surface area is 236 Å². The van der Waals surface area contributed by atoms with Gasteiger partial charge in [0.2, 0.25) is 5.95 Å². The van der Waals surface area contributed by atoms with E-state index in [4.69, 9.17) is 24.3 Å². The van der Waals surface area contributed by atoms with Gasteiger partial charge in [-0.3, -0.25) is 28.2 Å². The number of H-pyrrole nitrogens is 1. The van der Waals surface area contributed by atoms with E-state index in [9.17, 15) is 24.4 Å². The first kappa shape index (κ1) is 32.6. The summed E-state index contributed by atoms with van der Waals surface area (Å²) < 4.78 is 37.6. The van der Waals surface area contributed by atoms with Gasteiger partial charge in [0.15, 0.2) is 22.5 Å². The summed E-state index contributed by atoms with van der Waals surface area (Å²) in [7, 11) is -3.86. The molecular weight excluding hydrogens is 567 g/mol. The second kappa shape index (κ2) is 13.9. The molecule has 6 N–H and O–H groups in total. The van der Waals surface area contributed by atoms with Gasteiger partial charge in [-0.15, -0.1) is 0 Å². The number of aliphatic hydroxyl groups is 2. The Hall–Kier alpha value is -1.88. The monoisotopic (exact) mass is 606 g/mol. The molecule has 0 aliphatic carbocycles. The summed E-state index contributed by atoms with van der Waals surface area (Å²) in [6, 6.07) is 0. The highest BCUT2D eigenvalue weighted by atomic mass is 32.2. The summed E-state index contributed by atoms with van der Waals surface area (Å²) in [5, 5.41) is 23.0. The number of rotatable bonds is 16. The van der Waals surface area contributed by atoms with Crippen LogP contribution in [0.5, 0.6) is 0 Å². The number of aromatic amines is 1. The van der Waals surface area contributed by atoms with E-state index >= 15 is 0 Å². The number of ether oxygens (including phenoxy) is 2. The zero-order chi connectivity index (χ0) is 29.6. The Kier molecular flexibility index (Phi) is 11.3. The number of nitrogen functional groups attached to an aromatic ring is 1. The SMILES string of the molecule is CCCOCCNP(=O)(OCCSC(=O)C(C)(C)CO)OCC1C[C@@](C)(O)[C@H](n2cnc3c(=O)[nH]c(N)nc32)O1. The molecule has 2 aromatic heterocycles. The van der Waals surface area contributed by atoms with Crippen LogP contribution in [0.1, 0.15) is 46.8 Å². The fraction of sp³-hybridized carbons (Fsp3) is 0.739. The second-order valence-electron chi connectivity index (χ2n) is 10.3. The van der Waals surface area contributed by atoms with Crippen LogP contribution >= 0.6 is 19.5 Å². The summed E-state index contributed by atoms with van der Waals surface area (Å²) in [6.45, 7) is 7.27. The number of fused-ring (bicyclic) bond motifs is 1. The van der Waals surface area contributed by atoms with E-state index < -0.39 is 36.7 Å². The molecule has 0 spiro atoms. The third-order valence-electron chi connectivity index (χ3n) is 6.05. The van der Waals surface area contributed by atoms with Gasteiger partial charge in [-0.25, -0.2) is 14.6 Å². The third-order valence-corrected chi connectivity index (χ3v) is 8.86. The van der Waals surface area contributed by atoms with Crippen LogP contribution in [0.4, 0.5) is 5.95 Å². The van der Waals surface area contributed by atoms with Gasteiger partial charge in [-0.05, 0) is 27.2 Å². The molecule has 3 heterocycles. The molecule has 1 aliphatic rings. The average molecular weight is 607 g/mol. The number of hydrogen-bond donors (Lipinski definition) is 5. The van der Waals surface area contributed by atoms with Crippen LogP contribution in [-0.2, 0) is 27.9 Å². The number of carbonyl (C=O) groups is 1. The molecule has 2 aromatic rings. The molecule has 3 rings (SSSR count).